The minimum Gasteiger partial charge on any atom is -0.357 e. The first-order chi connectivity index (χ1) is 13.0. The molecular formula is C19H34IN5O2S. The van der Waals surface area contributed by atoms with E-state index in [0.29, 0.717) is 12.6 Å². The monoisotopic (exact) mass is 523 g/mol. The van der Waals surface area contributed by atoms with E-state index in [4.69, 9.17) is 0 Å². The zero-order chi connectivity index (χ0) is 19.7. The van der Waals surface area contributed by atoms with Gasteiger partial charge in [-0.15, -0.1) is 24.0 Å². The van der Waals surface area contributed by atoms with Gasteiger partial charge >= 0.3 is 0 Å². The number of hydrogen-bond donors (Lipinski definition) is 3. The molecule has 3 N–H and O–H groups in total. The van der Waals surface area contributed by atoms with E-state index in [9.17, 15) is 8.42 Å². The Morgan fingerprint density at radius 1 is 1.18 bits per heavy atom. The summed E-state index contributed by atoms with van der Waals surface area (Å²) in [6, 6.07) is 8.13. The number of guanidine groups is 1. The van der Waals surface area contributed by atoms with Crippen LogP contribution in [0.1, 0.15) is 37.8 Å². The molecule has 1 fully saturated rings. The molecule has 1 aliphatic heterocycles. The maximum Gasteiger partial charge on any atom is 0.215 e. The molecule has 0 aliphatic carbocycles. The first-order valence-electron chi connectivity index (χ1n) is 9.72. The van der Waals surface area contributed by atoms with E-state index >= 15 is 0 Å². The van der Waals surface area contributed by atoms with E-state index in [1.54, 1.807) is 0 Å². The van der Waals surface area contributed by atoms with Crippen molar-refractivity contribution < 1.29 is 8.42 Å². The minimum atomic E-state index is -3.24. The largest absolute Gasteiger partial charge is 0.357 e. The Kier molecular flexibility index (Phi) is 11.3. The molecular weight excluding hydrogens is 489 g/mol. The summed E-state index contributed by atoms with van der Waals surface area (Å²) in [7, 11) is -1.81. The molecule has 1 saturated heterocycles. The lowest BCUT2D eigenvalue weighted by molar-refractivity contribution is 0.267. The molecule has 2 rings (SSSR count). The highest BCUT2D eigenvalue weighted by Crippen LogP contribution is 2.15. The number of likely N-dealkylation sites (tertiary alicyclic amines) is 1. The van der Waals surface area contributed by atoms with E-state index in [0.717, 1.165) is 36.7 Å². The number of benzene rings is 1. The molecule has 7 nitrogen and oxygen atoms in total. The summed E-state index contributed by atoms with van der Waals surface area (Å²) < 4.78 is 25.6. The number of nitrogens with zero attached hydrogens (tertiary/aromatic N) is 2. The van der Waals surface area contributed by atoms with Gasteiger partial charge in [0.25, 0.3) is 0 Å². The highest BCUT2D eigenvalue weighted by molar-refractivity contribution is 14.0. The summed E-state index contributed by atoms with van der Waals surface area (Å²) in [6.07, 6.45) is 2.50. The fourth-order valence-electron chi connectivity index (χ4n) is 3.30. The topological polar surface area (TPSA) is 85.8 Å². The highest BCUT2D eigenvalue weighted by atomic mass is 127. The minimum absolute atomic E-state index is 0. The molecule has 0 saturated carbocycles. The van der Waals surface area contributed by atoms with Crippen molar-refractivity contribution in [1.29, 1.82) is 0 Å². The third kappa shape index (κ3) is 8.22. The molecule has 1 atom stereocenters. The number of sulfonamides is 1. The second-order valence-corrected chi connectivity index (χ2v) is 8.71. The van der Waals surface area contributed by atoms with Crippen LogP contribution in [0.2, 0.25) is 0 Å². The van der Waals surface area contributed by atoms with Crippen LogP contribution in [0.5, 0.6) is 0 Å². The molecule has 0 radical (unpaired) electrons. The summed E-state index contributed by atoms with van der Waals surface area (Å²) in [5.74, 6) is 0.814. The van der Waals surface area contributed by atoms with Crippen LogP contribution in [0.3, 0.4) is 0 Å². The van der Waals surface area contributed by atoms with Crippen LogP contribution in [-0.4, -0.2) is 58.5 Å². The molecule has 1 unspecified atom stereocenters. The van der Waals surface area contributed by atoms with Gasteiger partial charge in [0.2, 0.25) is 10.0 Å². The van der Waals surface area contributed by atoms with Crippen molar-refractivity contribution >= 4 is 40.0 Å². The van der Waals surface area contributed by atoms with Crippen LogP contribution >= 0.6 is 24.0 Å². The molecule has 28 heavy (non-hydrogen) atoms. The second-order valence-electron chi connectivity index (χ2n) is 6.78. The zero-order valence-electron chi connectivity index (χ0n) is 17.1. The lowest BCUT2D eigenvalue weighted by Gasteiger charge is -2.24. The summed E-state index contributed by atoms with van der Waals surface area (Å²) in [5, 5.41) is 6.75. The van der Waals surface area contributed by atoms with Crippen LogP contribution < -0.4 is 15.4 Å². The van der Waals surface area contributed by atoms with Crippen molar-refractivity contribution in [2.75, 3.05) is 33.2 Å². The van der Waals surface area contributed by atoms with Crippen molar-refractivity contribution in [3.8, 4) is 0 Å². The van der Waals surface area contributed by atoms with Gasteiger partial charge in [-0.3, -0.25) is 4.90 Å². The molecule has 0 amide bonds. The Labute approximate surface area is 186 Å². The van der Waals surface area contributed by atoms with E-state index < -0.39 is 10.0 Å². The molecule has 0 spiro atoms. The molecule has 1 aromatic rings. The van der Waals surface area contributed by atoms with Crippen LogP contribution in [0.4, 0.5) is 0 Å². The number of hydrogen-bond acceptors (Lipinski definition) is 4. The van der Waals surface area contributed by atoms with Gasteiger partial charge < -0.3 is 10.6 Å². The van der Waals surface area contributed by atoms with Gasteiger partial charge in [-0.2, -0.15) is 0 Å². The highest BCUT2D eigenvalue weighted by Gasteiger charge is 2.22. The van der Waals surface area contributed by atoms with Crippen molar-refractivity contribution in [3.05, 3.63) is 35.4 Å². The lowest BCUT2D eigenvalue weighted by atomic mass is 10.1. The smallest absolute Gasteiger partial charge is 0.215 e. The fraction of sp³-hybridized carbons (Fsp3) is 0.632. The molecule has 0 bridgehead atoms. The van der Waals surface area contributed by atoms with Crippen LogP contribution in [0.15, 0.2) is 29.3 Å². The molecule has 9 heteroatoms. The quantitative estimate of drug-likeness (QED) is 0.262. The first-order valence-corrected chi connectivity index (χ1v) is 11.4. The molecule has 0 aromatic heterocycles. The summed E-state index contributed by atoms with van der Waals surface area (Å²) in [6.45, 7) is 8.82. The number of likely N-dealkylation sites (N-methyl/N-ethyl adjacent to an activating group) is 1. The summed E-state index contributed by atoms with van der Waals surface area (Å²) >= 11 is 0. The van der Waals surface area contributed by atoms with Crippen molar-refractivity contribution in [2.45, 2.75) is 45.0 Å². The second kappa shape index (κ2) is 12.6. The average Bonchev–Trinajstić information content (AvgIpc) is 3.12. The standard InChI is InChI=1S/C19H33N5O2S.HI/c1-4-21-19(23-14-18-7-6-12-24(18)5-2)22-13-16-8-10-17(11-9-16)15-27(25,26)20-3;/h8-11,18,20H,4-7,12-15H2,1-3H3,(H2,21,22,23);1H. The van der Waals surface area contributed by atoms with E-state index in [1.165, 1.54) is 26.4 Å². The third-order valence-corrected chi connectivity index (χ3v) is 6.20. The van der Waals surface area contributed by atoms with Gasteiger partial charge in [0, 0.05) is 19.1 Å². The number of aliphatic imine (C=N–C) groups is 1. The van der Waals surface area contributed by atoms with Gasteiger partial charge in [-0.05, 0) is 51.0 Å². The maximum absolute atomic E-state index is 11.6. The maximum atomic E-state index is 11.6. The van der Waals surface area contributed by atoms with E-state index in [2.05, 4.69) is 39.1 Å². The third-order valence-electron chi connectivity index (χ3n) is 4.87. The normalized spacial score (nSPS) is 18.0. The van der Waals surface area contributed by atoms with Crippen LogP contribution in [-0.2, 0) is 22.3 Å². The Hall–Kier alpha value is -0.910. The predicted octanol–water partition coefficient (Wildman–Crippen LogP) is 1.89. The number of rotatable bonds is 9. The summed E-state index contributed by atoms with van der Waals surface area (Å²) in [5.41, 5.74) is 1.82. The van der Waals surface area contributed by atoms with Gasteiger partial charge in [-0.1, -0.05) is 31.2 Å². The van der Waals surface area contributed by atoms with Crippen LogP contribution in [0, 0.1) is 0 Å². The average molecular weight is 523 g/mol. The number of halogens is 1. The zero-order valence-corrected chi connectivity index (χ0v) is 20.2. The van der Waals surface area contributed by atoms with Crippen molar-refractivity contribution in [3.63, 3.8) is 0 Å². The van der Waals surface area contributed by atoms with Gasteiger partial charge in [0.1, 0.15) is 0 Å². The number of nitrogens with one attached hydrogen (secondary N) is 3. The summed E-state index contributed by atoms with van der Waals surface area (Å²) in [4.78, 5) is 7.17. The van der Waals surface area contributed by atoms with Crippen LogP contribution in [0.25, 0.3) is 0 Å². The molecule has 160 valence electrons. The molecule has 1 aromatic carbocycles. The van der Waals surface area contributed by atoms with Gasteiger partial charge in [0.15, 0.2) is 5.96 Å². The Morgan fingerprint density at radius 2 is 1.86 bits per heavy atom. The van der Waals surface area contributed by atoms with Gasteiger partial charge in [-0.25, -0.2) is 18.1 Å². The van der Waals surface area contributed by atoms with Crippen molar-refractivity contribution in [2.24, 2.45) is 4.99 Å². The SMILES string of the molecule is CCNC(=NCc1ccc(CS(=O)(=O)NC)cc1)NCC1CCCN1CC.I. The Bertz CT molecular complexity index is 710. The lowest BCUT2D eigenvalue weighted by Crippen LogP contribution is -2.44. The van der Waals surface area contributed by atoms with Crippen molar-refractivity contribution in [1.82, 2.24) is 20.3 Å². The first kappa shape index (κ1) is 25.1. The van der Waals surface area contributed by atoms with Gasteiger partial charge in [0.05, 0.1) is 12.3 Å². The Morgan fingerprint density at radius 3 is 2.46 bits per heavy atom. The van der Waals surface area contributed by atoms with E-state index in [-0.39, 0.29) is 29.7 Å². The fourth-order valence-corrected chi connectivity index (χ4v) is 4.08. The molecule has 1 heterocycles. The molecule has 1 aliphatic rings. The van der Waals surface area contributed by atoms with E-state index in [1.807, 2.05) is 24.3 Å². The predicted molar refractivity (Wildman–Crippen MR) is 127 cm³/mol. The Balaban J connectivity index is 0.00000392.